The summed E-state index contributed by atoms with van der Waals surface area (Å²) in [7, 11) is 1.71. The molecule has 2 heterocycles. The van der Waals surface area contributed by atoms with Crippen LogP contribution in [0.25, 0.3) is 22.2 Å². The molecule has 176 valence electrons. The van der Waals surface area contributed by atoms with Gasteiger partial charge in [-0.25, -0.2) is 14.1 Å². The van der Waals surface area contributed by atoms with Crippen molar-refractivity contribution in [1.29, 1.82) is 0 Å². The van der Waals surface area contributed by atoms with Crippen molar-refractivity contribution in [2.24, 2.45) is 0 Å². The molecule has 4 aromatic rings. The lowest BCUT2D eigenvalue weighted by Gasteiger charge is -2.31. The van der Waals surface area contributed by atoms with Crippen LogP contribution < -0.4 is 4.90 Å². The molecule has 0 aliphatic carbocycles. The highest BCUT2D eigenvalue weighted by Gasteiger charge is 2.35. The second kappa shape index (κ2) is 9.01. The second-order valence-electron chi connectivity index (χ2n) is 8.82. The molecule has 2 aromatic heterocycles. The van der Waals surface area contributed by atoms with E-state index in [1.165, 1.54) is 12.1 Å². The molecular weight excluding hydrogens is 474 g/mol. The maximum Gasteiger partial charge on any atom is 0.236 e. The van der Waals surface area contributed by atoms with Crippen LogP contribution in [0.3, 0.4) is 0 Å². The SMILES string of the molecule is CCn1ncc2c(-c3ccc(F)cc3C)c(N(C)C(=O)C(C)(C)c3cc(Cl)cc(Cl)c3)cnc21. The van der Waals surface area contributed by atoms with E-state index >= 15 is 0 Å². The average Bonchev–Trinajstić information content (AvgIpc) is 3.20. The Labute approximate surface area is 208 Å². The number of pyridine rings is 1. The van der Waals surface area contributed by atoms with Crippen LogP contribution in [-0.2, 0) is 16.8 Å². The minimum Gasteiger partial charge on any atom is -0.313 e. The van der Waals surface area contributed by atoms with E-state index in [9.17, 15) is 9.18 Å². The number of likely N-dealkylation sites (N-methyl/N-ethyl adjacent to an activating group) is 1. The average molecular weight is 499 g/mol. The molecule has 0 aliphatic rings. The number of carbonyl (C=O) groups is 1. The van der Waals surface area contributed by atoms with Crippen molar-refractivity contribution in [2.45, 2.75) is 39.7 Å². The van der Waals surface area contributed by atoms with Crippen LogP contribution >= 0.6 is 23.2 Å². The first kappa shape index (κ1) is 24.2. The van der Waals surface area contributed by atoms with E-state index in [0.717, 1.165) is 22.1 Å². The maximum absolute atomic E-state index is 13.9. The summed E-state index contributed by atoms with van der Waals surface area (Å²) in [5.41, 5.74) is 3.41. The molecule has 0 saturated carbocycles. The van der Waals surface area contributed by atoms with Gasteiger partial charge in [0.2, 0.25) is 5.91 Å². The van der Waals surface area contributed by atoms with Gasteiger partial charge in [0.05, 0.1) is 23.5 Å². The molecule has 1 amide bonds. The fraction of sp³-hybridized carbons (Fsp3) is 0.269. The predicted molar refractivity (Wildman–Crippen MR) is 136 cm³/mol. The van der Waals surface area contributed by atoms with Crippen molar-refractivity contribution in [3.05, 3.63) is 75.8 Å². The van der Waals surface area contributed by atoms with Gasteiger partial charge in [0.15, 0.2) is 5.65 Å². The van der Waals surface area contributed by atoms with Crippen LogP contribution in [0.4, 0.5) is 10.1 Å². The smallest absolute Gasteiger partial charge is 0.236 e. The first-order valence-corrected chi connectivity index (χ1v) is 11.7. The fourth-order valence-corrected chi connectivity index (χ4v) is 4.79. The zero-order valence-electron chi connectivity index (χ0n) is 19.7. The van der Waals surface area contributed by atoms with Gasteiger partial charge in [0.1, 0.15) is 5.82 Å². The molecule has 0 fully saturated rings. The number of benzene rings is 2. The van der Waals surface area contributed by atoms with Gasteiger partial charge in [-0.15, -0.1) is 0 Å². The molecule has 0 saturated heterocycles. The molecule has 34 heavy (non-hydrogen) atoms. The Morgan fingerprint density at radius 1 is 1.12 bits per heavy atom. The van der Waals surface area contributed by atoms with Gasteiger partial charge in [-0.05, 0) is 74.7 Å². The zero-order valence-corrected chi connectivity index (χ0v) is 21.2. The van der Waals surface area contributed by atoms with E-state index in [-0.39, 0.29) is 11.7 Å². The number of aromatic nitrogens is 3. The van der Waals surface area contributed by atoms with Crippen molar-refractivity contribution in [3.63, 3.8) is 0 Å². The highest BCUT2D eigenvalue weighted by atomic mass is 35.5. The summed E-state index contributed by atoms with van der Waals surface area (Å²) >= 11 is 12.4. The summed E-state index contributed by atoms with van der Waals surface area (Å²) in [5, 5.41) is 6.17. The minimum atomic E-state index is -0.930. The second-order valence-corrected chi connectivity index (χ2v) is 9.70. The van der Waals surface area contributed by atoms with Gasteiger partial charge in [-0.2, -0.15) is 5.10 Å². The van der Waals surface area contributed by atoms with Gasteiger partial charge < -0.3 is 4.90 Å². The van der Waals surface area contributed by atoms with E-state index in [2.05, 4.69) is 10.1 Å². The first-order chi connectivity index (χ1) is 16.0. The van der Waals surface area contributed by atoms with Crippen molar-refractivity contribution < 1.29 is 9.18 Å². The molecule has 4 rings (SSSR count). The number of aryl methyl sites for hydroxylation is 2. The van der Waals surface area contributed by atoms with E-state index < -0.39 is 5.41 Å². The van der Waals surface area contributed by atoms with Gasteiger partial charge in [0.25, 0.3) is 0 Å². The molecule has 8 heteroatoms. The van der Waals surface area contributed by atoms with Gasteiger partial charge in [-0.1, -0.05) is 29.3 Å². The lowest BCUT2D eigenvalue weighted by atomic mass is 9.83. The van der Waals surface area contributed by atoms with Crippen molar-refractivity contribution in [3.8, 4) is 11.1 Å². The highest BCUT2D eigenvalue weighted by Crippen LogP contribution is 2.40. The Balaban J connectivity index is 1.90. The Morgan fingerprint density at radius 2 is 1.79 bits per heavy atom. The molecular formula is C26H25Cl2FN4O. The summed E-state index contributed by atoms with van der Waals surface area (Å²) < 4.78 is 15.7. The number of anilines is 1. The largest absolute Gasteiger partial charge is 0.313 e. The van der Waals surface area contributed by atoms with Crippen molar-refractivity contribution in [1.82, 2.24) is 14.8 Å². The van der Waals surface area contributed by atoms with Gasteiger partial charge >= 0.3 is 0 Å². The lowest BCUT2D eigenvalue weighted by Crippen LogP contribution is -2.41. The normalized spacial score (nSPS) is 11.8. The summed E-state index contributed by atoms with van der Waals surface area (Å²) in [6, 6.07) is 9.76. The Morgan fingerprint density at radius 3 is 2.41 bits per heavy atom. The first-order valence-electron chi connectivity index (χ1n) is 10.9. The third-order valence-electron chi connectivity index (χ3n) is 6.19. The minimum absolute atomic E-state index is 0.170. The van der Waals surface area contributed by atoms with Crippen LogP contribution in [-0.4, -0.2) is 27.7 Å². The van der Waals surface area contributed by atoms with Crippen LogP contribution in [0.1, 0.15) is 31.9 Å². The Hall–Kier alpha value is -2.96. The number of halogens is 3. The standard InChI is InChI=1S/C26H25Cl2FN4O/c1-6-33-24-21(13-31-33)23(20-8-7-19(29)9-15(20)2)22(14-30-24)32(5)25(34)26(3,4)16-10-17(27)12-18(28)11-16/h7-14H,6H2,1-5H3. The van der Waals surface area contributed by atoms with E-state index in [0.29, 0.717) is 33.5 Å². The third-order valence-corrected chi connectivity index (χ3v) is 6.62. The molecule has 0 atom stereocenters. The van der Waals surface area contributed by atoms with E-state index in [1.807, 2.05) is 27.7 Å². The zero-order chi connectivity index (χ0) is 24.8. The molecule has 0 spiro atoms. The summed E-state index contributed by atoms with van der Waals surface area (Å²) in [6.45, 7) is 8.14. The molecule has 2 aromatic carbocycles. The monoisotopic (exact) mass is 498 g/mol. The van der Waals surface area contributed by atoms with Crippen molar-refractivity contribution in [2.75, 3.05) is 11.9 Å². The number of rotatable bonds is 5. The lowest BCUT2D eigenvalue weighted by molar-refractivity contribution is -0.122. The van der Waals surface area contributed by atoms with Crippen LogP contribution in [0, 0.1) is 12.7 Å². The van der Waals surface area contributed by atoms with Gasteiger partial charge in [-0.3, -0.25) is 4.79 Å². The maximum atomic E-state index is 13.9. The molecule has 5 nitrogen and oxygen atoms in total. The Kier molecular flexibility index (Phi) is 6.40. The molecule has 0 aliphatic heterocycles. The molecule has 0 unspecified atom stereocenters. The number of carbonyl (C=O) groups excluding carboxylic acids is 1. The predicted octanol–water partition coefficient (Wildman–Crippen LogP) is 6.81. The number of nitrogens with zero attached hydrogens (tertiary/aromatic N) is 4. The number of amides is 1. The molecule has 0 radical (unpaired) electrons. The van der Waals surface area contributed by atoms with Crippen LogP contribution in [0.5, 0.6) is 0 Å². The van der Waals surface area contributed by atoms with E-state index in [1.54, 1.807) is 53.3 Å². The fourth-order valence-electron chi connectivity index (χ4n) is 4.26. The van der Waals surface area contributed by atoms with Gasteiger partial charge in [0, 0.05) is 34.6 Å². The number of hydrogen-bond acceptors (Lipinski definition) is 3. The molecule has 0 bridgehead atoms. The summed E-state index contributed by atoms with van der Waals surface area (Å²) in [5.74, 6) is -0.489. The molecule has 0 N–H and O–H groups in total. The van der Waals surface area contributed by atoms with E-state index in [4.69, 9.17) is 23.2 Å². The third kappa shape index (κ3) is 4.17. The number of hydrogen-bond donors (Lipinski definition) is 0. The van der Waals surface area contributed by atoms with Crippen molar-refractivity contribution >= 4 is 45.8 Å². The summed E-state index contributed by atoms with van der Waals surface area (Å²) in [6.07, 6.45) is 3.42. The van der Waals surface area contributed by atoms with Crippen LogP contribution in [0.2, 0.25) is 10.0 Å². The topological polar surface area (TPSA) is 51.0 Å². The quantitative estimate of drug-likeness (QED) is 0.303. The summed E-state index contributed by atoms with van der Waals surface area (Å²) in [4.78, 5) is 20.0. The highest BCUT2D eigenvalue weighted by molar-refractivity contribution is 6.34. The Bertz CT molecular complexity index is 1390. The van der Waals surface area contributed by atoms with Crippen LogP contribution in [0.15, 0.2) is 48.8 Å². The number of fused-ring (bicyclic) bond motifs is 1.